The minimum Gasteiger partial charge on any atom is -0.444 e. The molecule has 1 aliphatic rings. The highest BCUT2D eigenvalue weighted by Crippen LogP contribution is 2.29. The van der Waals surface area contributed by atoms with Gasteiger partial charge in [-0.05, 0) is 45.7 Å². The van der Waals surface area contributed by atoms with Crippen LogP contribution in [0.2, 0.25) is 5.02 Å². The van der Waals surface area contributed by atoms with Crippen LogP contribution in [0.5, 0.6) is 5.75 Å². The number of rotatable bonds is 4. The van der Waals surface area contributed by atoms with E-state index in [1.807, 2.05) is 0 Å². The van der Waals surface area contributed by atoms with Gasteiger partial charge in [0.1, 0.15) is 11.4 Å². The van der Waals surface area contributed by atoms with Crippen molar-refractivity contribution < 1.29 is 32.2 Å². The molecule has 0 aliphatic carbocycles. The van der Waals surface area contributed by atoms with Crippen LogP contribution in [0, 0.1) is 5.92 Å². The number of carbonyl (C=O) groups excluding carboxylic acids is 2. The number of likely N-dealkylation sites (tertiary alicyclic amines) is 1. The lowest BCUT2D eigenvalue weighted by Crippen LogP contribution is -2.44. The summed E-state index contributed by atoms with van der Waals surface area (Å²) in [5.41, 5.74) is -0.439. The quantitative estimate of drug-likeness (QED) is 0.754. The molecule has 0 spiro atoms. The fourth-order valence-corrected chi connectivity index (χ4v) is 3.03. The molecule has 1 aromatic rings. The smallest absolute Gasteiger partial charge is 0.444 e. The Labute approximate surface area is 172 Å². The van der Waals surface area contributed by atoms with Crippen molar-refractivity contribution in [3.63, 3.8) is 0 Å². The van der Waals surface area contributed by atoms with E-state index in [4.69, 9.17) is 16.3 Å². The Morgan fingerprint density at radius 1 is 1.21 bits per heavy atom. The van der Waals surface area contributed by atoms with Crippen molar-refractivity contribution in [3.8, 4) is 5.75 Å². The number of amides is 2. The first-order valence-electron chi connectivity index (χ1n) is 9.14. The normalized spacial score (nSPS) is 15.8. The SMILES string of the molecule is CC(C)(C)OC(=O)N1CCC(C(=O)NCc2ccc(Cl)cc2OC(F)(F)F)CC1. The number of hydrogen-bond donors (Lipinski definition) is 1. The molecular formula is C19H24ClF3N2O4. The van der Waals surface area contributed by atoms with E-state index >= 15 is 0 Å². The van der Waals surface area contributed by atoms with Crippen molar-refractivity contribution in [2.75, 3.05) is 13.1 Å². The average molecular weight is 437 g/mol. The molecule has 0 bridgehead atoms. The number of ether oxygens (including phenoxy) is 2. The number of hydrogen-bond acceptors (Lipinski definition) is 4. The average Bonchev–Trinajstić information content (AvgIpc) is 2.58. The van der Waals surface area contributed by atoms with Crippen molar-refractivity contribution >= 4 is 23.6 Å². The molecule has 1 N–H and O–H groups in total. The van der Waals surface area contributed by atoms with Gasteiger partial charge < -0.3 is 19.7 Å². The van der Waals surface area contributed by atoms with Gasteiger partial charge in [-0.25, -0.2) is 4.79 Å². The maximum atomic E-state index is 12.6. The number of piperidine rings is 1. The molecule has 1 aliphatic heterocycles. The molecule has 10 heteroatoms. The van der Waals surface area contributed by atoms with Crippen LogP contribution in [0.1, 0.15) is 39.2 Å². The highest BCUT2D eigenvalue weighted by molar-refractivity contribution is 6.30. The van der Waals surface area contributed by atoms with Gasteiger partial charge in [-0.1, -0.05) is 17.7 Å². The van der Waals surface area contributed by atoms with Gasteiger partial charge in [-0.2, -0.15) is 0 Å². The van der Waals surface area contributed by atoms with Gasteiger partial charge in [0.15, 0.2) is 0 Å². The molecule has 0 aromatic heterocycles. The standard InChI is InChI=1S/C19H24ClF3N2O4/c1-18(2,3)29-17(27)25-8-6-12(7-9-25)16(26)24-11-13-4-5-14(20)10-15(13)28-19(21,22)23/h4-5,10,12H,6-9,11H2,1-3H3,(H,24,26). The van der Waals surface area contributed by atoms with Crippen LogP contribution in [0.15, 0.2) is 18.2 Å². The first-order valence-corrected chi connectivity index (χ1v) is 9.52. The van der Waals surface area contributed by atoms with E-state index in [1.54, 1.807) is 25.7 Å². The number of nitrogens with one attached hydrogen (secondary N) is 1. The van der Waals surface area contributed by atoms with Gasteiger partial charge in [0, 0.05) is 36.1 Å². The molecule has 29 heavy (non-hydrogen) atoms. The molecule has 1 fully saturated rings. The minimum atomic E-state index is -4.86. The maximum Gasteiger partial charge on any atom is 0.573 e. The van der Waals surface area contributed by atoms with Crippen LogP contribution in [0.25, 0.3) is 0 Å². The predicted molar refractivity (Wildman–Crippen MR) is 101 cm³/mol. The molecule has 0 radical (unpaired) electrons. The second-order valence-electron chi connectivity index (χ2n) is 7.76. The summed E-state index contributed by atoms with van der Waals surface area (Å²) in [7, 11) is 0. The van der Waals surface area contributed by atoms with Crippen molar-refractivity contribution in [1.29, 1.82) is 0 Å². The molecular weight excluding hydrogens is 413 g/mol. The largest absolute Gasteiger partial charge is 0.573 e. The highest BCUT2D eigenvalue weighted by atomic mass is 35.5. The van der Waals surface area contributed by atoms with Crippen molar-refractivity contribution in [2.24, 2.45) is 5.92 Å². The molecule has 1 heterocycles. The number of carbonyl (C=O) groups is 2. The fraction of sp³-hybridized carbons (Fsp3) is 0.579. The molecule has 1 aromatic carbocycles. The molecule has 6 nitrogen and oxygen atoms in total. The lowest BCUT2D eigenvalue weighted by Gasteiger charge is -2.33. The van der Waals surface area contributed by atoms with Gasteiger partial charge in [-0.15, -0.1) is 13.2 Å². The van der Waals surface area contributed by atoms with E-state index in [9.17, 15) is 22.8 Å². The summed E-state index contributed by atoms with van der Waals surface area (Å²) in [5.74, 6) is -1.08. The number of benzene rings is 1. The fourth-order valence-electron chi connectivity index (χ4n) is 2.87. The lowest BCUT2D eigenvalue weighted by molar-refractivity contribution is -0.274. The third kappa shape index (κ3) is 7.64. The zero-order chi connectivity index (χ0) is 21.8. The molecule has 0 atom stereocenters. The van der Waals surface area contributed by atoms with Gasteiger partial charge in [0.2, 0.25) is 5.91 Å². The van der Waals surface area contributed by atoms with Crippen LogP contribution in [0.4, 0.5) is 18.0 Å². The van der Waals surface area contributed by atoms with Gasteiger partial charge in [0.05, 0.1) is 0 Å². The summed E-state index contributed by atoms with van der Waals surface area (Å²) in [6.45, 7) is 5.94. The van der Waals surface area contributed by atoms with Crippen LogP contribution >= 0.6 is 11.6 Å². The van der Waals surface area contributed by atoms with Gasteiger partial charge >= 0.3 is 12.5 Å². The van der Waals surface area contributed by atoms with Crippen molar-refractivity contribution in [2.45, 2.75) is 52.1 Å². The van der Waals surface area contributed by atoms with E-state index in [1.165, 1.54) is 12.1 Å². The monoisotopic (exact) mass is 436 g/mol. The van der Waals surface area contributed by atoms with Crippen LogP contribution < -0.4 is 10.1 Å². The number of halogens is 4. The molecule has 2 rings (SSSR count). The van der Waals surface area contributed by atoms with E-state index < -0.39 is 23.8 Å². The summed E-state index contributed by atoms with van der Waals surface area (Å²) in [6.07, 6.45) is -4.40. The molecule has 1 saturated heterocycles. The lowest BCUT2D eigenvalue weighted by atomic mass is 9.96. The number of alkyl halides is 3. The van der Waals surface area contributed by atoms with E-state index in [0.29, 0.717) is 25.9 Å². The maximum absolute atomic E-state index is 12.6. The summed E-state index contributed by atoms with van der Waals surface area (Å²) in [6, 6.07) is 3.84. The zero-order valence-electron chi connectivity index (χ0n) is 16.4. The van der Waals surface area contributed by atoms with Crippen molar-refractivity contribution in [3.05, 3.63) is 28.8 Å². The Hall–Kier alpha value is -2.16. The van der Waals surface area contributed by atoms with E-state index in [2.05, 4.69) is 10.1 Å². The van der Waals surface area contributed by atoms with E-state index in [0.717, 1.165) is 6.07 Å². The van der Waals surface area contributed by atoms with Crippen LogP contribution in [-0.2, 0) is 16.1 Å². The summed E-state index contributed by atoms with van der Waals surface area (Å²) >= 11 is 5.73. The summed E-state index contributed by atoms with van der Waals surface area (Å²) in [4.78, 5) is 26.0. The molecule has 162 valence electrons. The highest BCUT2D eigenvalue weighted by Gasteiger charge is 2.33. The predicted octanol–water partition coefficient (Wildman–Crippen LogP) is 4.50. The second-order valence-corrected chi connectivity index (χ2v) is 8.20. The van der Waals surface area contributed by atoms with E-state index in [-0.39, 0.29) is 29.0 Å². The van der Waals surface area contributed by atoms with Crippen molar-refractivity contribution in [1.82, 2.24) is 10.2 Å². The summed E-state index contributed by atoms with van der Waals surface area (Å²) in [5, 5.41) is 2.72. The Morgan fingerprint density at radius 3 is 2.38 bits per heavy atom. The second kappa shape index (κ2) is 9.11. The van der Waals surface area contributed by atoms with Gasteiger partial charge in [0.25, 0.3) is 0 Å². The van der Waals surface area contributed by atoms with Crippen LogP contribution in [-0.4, -0.2) is 42.0 Å². The Bertz CT molecular complexity index is 742. The third-order valence-electron chi connectivity index (χ3n) is 4.23. The third-order valence-corrected chi connectivity index (χ3v) is 4.46. The first-order chi connectivity index (χ1) is 13.3. The Balaban J connectivity index is 1.89. The Morgan fingerprint density at radius 2 is 1.83 bits per heavy atom. The summed E-state index contributed by atoms with van der Waals surface area (Å²) < 4.78 is 46.9. The molecule has 0 unspecified atom stereocenters. The Kier molecular flexibility index (Phi) is 7.26. The zero-order valence-corrected chi connectivity index (χ0v) is 17.2. The minimum absolute atomic E-state index is 0.0915. The molecule has 0 saturated carbocycles. The van der Waals surface area contributed by atoms with Gasteiger partial charge in [-0.3, -0.25) is 4.79 Å². The first kappa shape index (κ1) is 23.1. The topological polar surface area (TPSA) is 67.9 Å². The number of nitrogens with zero attached hydrogens (tertiary/aromatic N) is 1. The molecule has 2 amide bonds. The van der Waals surface area contributed by atoms with Crippen LogP contribution in [0.3, 0.4) is 0 Å².